The molecule has 0 N–H and O–H groups in total. The van der Waals surface area contributed by atoms with Crippen molar-refractivity contribution in [2.75, 3.05) is 0 Å². The summed E-state index contributed by atoms with van der Waals surface area (Å²) in [6.07, 6.45) is 5.79. The lowest BCUT2D eigenvalue weighted by atomic mass is 9.92. The molecule has 0 saturated heterocycles. The zero-order valence-electron chi connectivity index (χ0n) is 23.7. The van der Waals surface area contributed by atoms with Crippen LogP contribution in [0.3, 0.4) is 0 Å². The van der Waals surface area contributed by atoms with E-state index in [0.29, 0.717) is 11.9 Å². The van der Waals surface area contributed by atoms with Crippen molar-refractivity contribution < 1.29 is 0 Å². The number of hydrogen-bond donors (Lipinski definition) is 0. The van der Waals surface area contributed by atoms with Crippen molar-refractivity contribution in [3.8, 4) is 28.5 Å². The number of rotatable bonds is 3. The van der Waals surface area contributed by atoms with Gasteiger partial charge in [0.1, 0.15) is 0 Å². The van der Waals surface area contributed by atoms with Crippen LogP contribution in [0.15, 0.2) is 121 Å². The van der Waals surface area contributed by atoms with Gasteiger partial charge in [0.25, 0.3) is 0 Å². The van der Waals surface area contributed by atoms with Crippen molar-refractivity contribution in [3.63, 3.8) is 0 Å². The zero-order valence-corrected chi connectivity index (χ0v) is 24.5. The summed E-state index contributed by atoms with van der Waals surface area (Å²) in [7, 11) is 0. The number of para-hydroxylation sites is 1. The summed E-state index contributed by atoms with van der Waals surface area (Å²) in [4.78, 5) is 12.1. The van der Waals surface area contributed by atoms with Crippen LogP contribution in [-0.2, 0) is 6.42 Å². The van der Waals surface area contributed by atoms with Gasteiger partial charge in [0, 0.05) is 32.2 Å². The Labute approximate surface area is 253 Å². The molecule has 9 rings (SSSR count). The summed E-state index contributed by atoms with van der Waals surface area (Å²) in [6, 6.07) is 40.6. The first-order valence-electron chi connectivity index (χ1n) is 14.8. The number of allylic oxidation sites excluding steroid dienone is 1. The summed E-state index contributed by atoms with van der Waals surface area (Å²) >= 11 is 1.95. The van der Waals surface area contributed by atoms with E-state index in [1.54, 1.807) is 0 Å². The minimum atomic E-state index is 0.535. The van der Waals surface area contributed by atoms with E-state index in [1.807, 2.05) is 23.5 Å². The highest BCUT2D eigenvalue weighted by Crippen LogP contribution is 2.48. The molecule has 0 aliphatic heterocycles. The molecule has 1 atom stereocenters. The van der Waals surface area contributed by atoms with E-state index < -0.39 is 0 Å². The molecule has 1 aliphatic rings. The Bertz CT molecular complexity index is 2320. The van der Waals surface area contributed by atoms with E-state index in [9.17, 15) is 0 Å². The van der Waals surface area contributed by atoms with Crippen LogP contribution < -0.4 is 0 Å². The topological polar surface area (TPSA) is 30.7 Å². The third kappa shape index (κ3) is 3.73. The van der Waals surface area contributed by atoms with Crippen molar-refractivity contribution in [1.82, 2.24) is 14.5 Å². The molecular weight excluding hydrogens is 543 g/mol. The molecule has 0 radical (unpaired) electrons. The molecule has 1 aliphatic carbocycles. The van der Waals surface area contributed by atoms with Crippen LogP contribution in [-0.4, -0.2) is 14.5 Å². The molecule has 0 fully saturated rings. The maximum absolute atomic E-state index is 5.30. The van der Waals surface area contributed by atoms with Crippen molar-refractivity contribution in [1.29, 1.82) is 0 Å². The summed E-state index contributed by atoms with van der Waals surface area (Å²) in [5, 5.41) is 6.42. The second kappa shape index (κ2) is 9.48. The van der Waals surface area contributed by atoms with Gasteiger partial charge < -0.3 is 0 Å². The predicted molar refractivity (Wildman–Crippen MR) is 182 cm³/mol. The van der Waals surface area contributed by atoms with Gasteiger partial charge in [-0.15, -0.1) is 11.3 Å². The Hall–Kier alpha value is -5.06. The monoisotopic (exact) mass is 569 g/mol. The lowest BCUT2D eigenvalue weighted by Crippen LogP contribution is -2.04. The van der Waals surface area contributed by atoms with Crippen LogP contribution in [0.25, 0.3) is 77.2 Å². The molecular formula is C39H27N3S. The molecule has 43 heavy (non-hydrogen) atoms. The summed E-state index contributed by atoms with van der Waals surface area (Å²) in [6.45, 7) is 2.31. The van der Waals surface area contributed by atoms with Gasteiger partial charge in [-0.25, -0.2) is 9.97 Å². The van der Waals surface area contributed by atoms with E-state index in [4.69, 9.17) is 9.97 Å². The molecule has 1 unspecified atom stereocenters. The van der Waals surface area contributed by atoms with E-state index in [1.165, 1.54) is 47.6 Å². The van der Waals surface area contributed by atoms with Crippen LogP contribution in [0.5, 0.6) is 0 Å². The maximum Gasteiger partial charge on any atom is 0.235 e. The SMILES string of the molecule is CC1C=Cc2c(sc3c2c2ccccc2c2c4ccccc4n(-c4nc(-c5ccccc5)cc(-c5ccccc5)n4)c32)C1. The maximum atomic E-state index is 5.30. The zero-order chi connectivity index (χ0) is 28.5. The standard InChI is InChI=1S/C39H27N3S/c1-24-20-21-30-34(22-24)43-38-36(30)28-17-9-8-16-27(28)35-29-18-10-11-19-33(29)42(37(35)38)39-40-31(25-12-4-2-5-13-25)23-32(41-39)26-14-6-3-7-15-26/h2-21,23-24H,22H2,1H3. The molecule has 5 aromatic carbocycles. The largest absolute Gasteiger partial charge is 0.276 e. The fourth-order valence-corrected chi connectivity index (χ4v) is 8.26. The molecule has 204 valence electrons. The average molecular weight is 570 g/mol. The fraction of sp³-hybridized carbons (Fsp3) is 0.0769. The van der Waals surface area contributed by atoms with Crippen LogP contribution in [0.2, 0.25) is 0 Å². The highest BCUT2D eigenvalue weighted by atomic mass is 32.1. The third-order valence-corrected chi connectivity index (χ3v) is 9.96. The van der Waals surface area contributed by atoms with Crippen LogP contribution >= 0.6 is 11.3 Å². The van der Waals surface area contributed by atoms with Gasteiger partial charge in [-0.3, -0.25) is 4.57 Å². The number of hydrogen-bond acceptors (Lipinski definition) is 3. The van der Waals surface area contributed by atoms with E-state index in [-0.39, 0.29) is 0 Å². The molecule has 0 saturated carbocycles. The Kier molecular flexibility index (Phi) is 5.41. The van der Waals surface area contributed by atoms with Crippen LogP contribution in [0, 0.1) is 5.92 Å². The number of nitrogens with zero attached hydrogens (tertiary/aromatic N) is 3. The smallest absolute Gasteiger partial charge is 0.235 e. The van der Waals surface area contributed by atoms with Crippen molar-refractivity contribution >= 4 is 60.1 Å². The first kappa shape index (κ1) is 24.5. The molecule has 3 aromatic heterocycles. The third-order valence-electron chi connectivity index (χ3n) is 8.73. The molecule has 8 aromatic rings. The Morgan fingerprint density at radius 2 is 1.26 bits per heavy atom. The lowest BCUT2D eigenvalue weighted by Gasteiger charge is -2.13. The van der Waals surface area contributed by atoms with Crippen molar-refractivity contribution in [3.05, 3.63) is 132 Å². The Balaban J connectivity index is 1.47. The van der Waals surface area contributed by atoms with E-state index >= 15 is 0 Å². The van der Waals surface area contributed by atoms with Crippen molar-refractivity contribution in [2.45, 2.75) is 13.3 Å². The first-order valence-corrected chi connectivity index (χ1v) is 15.6. The second-order valence-corrected chi connectivity index (χ2v) is 12.6. The van der Waals surface area contributed by atoms with Gasteiger partial charge in [0.2, 0.25) is 5.95 Å². The Morgan fingerprint density at radius 1 is 0.674 bits per heavy atom. The Morgan fingerprint density at radius 3 is 1.93 bits per heavy atom. The number of fused-ring (bicyclic) bond motifs is 10. The van der Waals surface area contributed by atoms with Crippen LogP contribution in [0.4, 0.5) is 0 Å². The molecule has 0 spiro atoms. The first-order chi connectivity index (χ1) is 21.2. The van der Waals surface area contributed by atoms with E-state index in [2.05, 4.69) is 127 Å². The fourth-order valence-electron chi connectivity index (χ4n) is 6.78. The van der Waals surface area contributed by atoms with E-state index in [0.717, 1.165) is 34.5 Å². The predicted octanol–water partition coefficient (Wildman–Crippen LogP) is 10.5. The van der Waals surface area contributed by atoms with Gasteiger partial charge in [-0.2, -0.15) is 0 Å². The number of thiophene rings is 1. The number of benzene rings is 5. The summed E-state index contributed by atoms with van der Waals surface area (Å²) in [5.74, 6) is 1.23. The molecule has 4 heteroatoms. The van der Waals surface area contributed by atoms with Gasteiger partial charge in [-0.05, 0) is 40.8 Å². The quantitative estimate of drug-likeness (QED) is 0.212. The van der Waals surface area contributed by atoms with Gasteiger partial charge in [0.05, 0.1) is 27.1 Å². The van der Waals surface area contributed by atoms with Gasteiger partial charge >= 0.3 is 0 Å². The lowest BCUT2D eigenvalue weighted by molar-refractivity contribution is 0.728. The minimum absolute atomic E-state index is 0.535. The van der Waals surface area contributed by atoms with Crippen LogP contribution in [0.1, 0.15) is 17.4 Å². The second-order valence-electron chi connectivity index (χ2n) is 11.5. The summed E-state index contributed by atoms with van der Waals surface area (Å²) < 4.78 is 3.64. The highest BCUT2D eigenvalue weighted by molar-refractivity contribution is 7.20. The molecule has 0 bridgehead atoms. The molecule has 0 amide bonds. The van der Waals surface area contributed by atoms with Gasteiger partial charge in [0.15, 0.2) is 0 Å². The molecule has 3 nitrogen and oxygen atoms in total. The van der Waals surface area contributed by atoms with Crippen molar-refractivity contribution in [2.24, 2.45) is 5.92 Å². The summed E-state index contributed by atoms with van der Waals surface area (Å²) in [5.41, 5.74) is 7.66. The van der Waals surface area contributed by atoms with Gasteiger partial charge in [-0.1, -0.05) is 122 Å². The highest BCUT2D eigenvalue weighted by Gasteiger charge is 2.25. The molecule has 3 heterocycles. The average Bonchev–Trinajstić information content (AvgIpc) is 3.62. The normalized spacial score (nSPS) is 14.7. The minimum Gasteiger partial charge on any atom is -0.276 e. The number of aromatic nitrogens is 3.